The van der Waals surface area contributed by atoms with Gasteiger partial charge in [0, 0.05) is 41.6 Å². The number of benzene rings is 2. The molecule has 12 heteroatoms. The fraction of sp³-hybridized carbons (Fsp3) is 0.296. The smallest absolute Gasteiger partial charge is 0.305 e. The first-order valence-electron chi connectivity index (χ1n) is 12.2. The molecule has 3 aliphatic rings. The minimum atomic E-state index is -1.07. The van der Waals surface area contributed by atoms with Crippen molar-refractivity contribution in [3.05, 3.63) is 70.1 Å². The van der Waals surface area contributed by atoms with Crippen LogP contribution in [0.15, 0.2) is 46.4 Å². The number of fused-ring (bicyclic) bond motifs is 4. The third kappa shape index (κ3) is 4.43. The maximum absolute atomic E-state index is 15.1. The molecule has 0 aliphatic carbocycles. The van der Waals surface area contributed by atoms with Gasteiger partial charge in [0.15, 0.2) is 17.4 Å². The molecule has 0 spiro atoms. The molecule has 1 atom stereocenters. The van der Waals surface area contributed by atoms with E-state index in [1.807, 2.05) is 24.3 Å². The van der Waals surface area contributed by atoms with Gasteiger partial charge >= 0.3 is 5.97 Å². The lowest BCUT2D eigenvalue weighted by Crippen LogP contribution is -2.59. The Morgan fingerprint density at radius 1 is 1.26 bits per heavy atom. The molecule has 0 radical (unpaired) electrons. The molecular formula is C27H22F2N3O6S-. The number of hydrogen-bond acceptors (Lipinski definition) is 9. The molecule has 0 unspecified atom stereocenters. The highest BCUT2D eigenvalue weighted by Crippen LogP contribution is 2.40. The molecule has 0 saturated carbocycles. The van der Waals surface area contributed by atoms with Crippen LogP contribution in [0.2, 0.25) is 0 Å². The zero-order chi connectivity index (χ0) is 27.3. The minimum Gasteiger partial charge on any atom is -0.870 e. The van der Waals surface area contributed by atoms with Gasteiger partial charge in [-0.1, -0.05) is 23.9 Å². The first-order chi connectivity index (χ1) is 18.8. The standard InChI is InChI=1S/C27H22F2N3O6S/c1-14(33)37-13-38-26-21(34)10-20(32-25(26)27(35)31-6-7-36-11-23(31)30-32)17-9-19(28)24(29)18-12-39-22-5-3-2-4-15(22)8-16(17)18/h2-5,9-10,23H,6-8,11-13H2,1H3/q-1/t23-/m0/s1. The summed E-state index contributed by atoms with van der Waals surface area (Å²) in [6.45, 7) is 1.24. The van der Waals surface area contributed by atoms with E-state index in [2.05, 4.69) is 5.11 Å². The fourth-order valence-electron chi connectivity index (χ4n) is 5.02. The number of carbonyl (C=O) groups is 1. The lowest BCUT2D eigenvalue weighted by Gasteiger charge is -2.37. The summed E-state index contributed by atoms with van der Waals surface area (Å²) in [7, 11) is 0. The van der Waals surface area contributed by atoms with Crippen molar-refractivity contribution in [1.82, 2.24) is 4.90 Å². The summed E-state index contributed by atoms with van der Waals surface area (Å²) in [5.41, 5.74) is 1.98. The number of esters is 1. The van der Waals surface area contributed by atoms with Crippen LogP contribution < -0.4 is 24.7 Å². The molecule has 2 aromatic carbocycles. The molecule has 3 aliphatic heterocycles. The third-order valence-electron chi connectivity index (χ3n) is 6.85. The lowest BCUT2D eigenvalue weighted by atomic mass is 9.92. The number of pyridine rings is 1. The van der Waals surface area contributed by atoms with Crippen LogP contribution in [0.25, 0.3) is 17.1 Å². The van der Waals surface area contributed by atoms with E-state index in [-0.39, 0.29) is 53.2 Å². The monoisotopic (exact) mass is 554 g/mol. The molecule has 0 bridgehead atoms. The summed E-state index contributed by atoms with van der Waals surface area (Å²) in [5.74, 6) is -4.05. The van der Waals surface area contributed by atoms with E-state index < -0.39 is 42.2 Å². The second-order valence-corrected chi connectivity index (χ2v) is 10.2. The van der Waals surface area contributed by atoms with Gasteiger partial charge in [-0.05, 0) is 39.2 Å². The van der Waals surface area contributed by atoms with Gasteiger partial charge in [0.2, 0.25) is 18.7 Å². The molecule has 0 N–H and O–H groups in total. The number of nitrogens with zero attached hydrogens (tertiary/aromatic N) is 3. The lowest BCUT2D eigenvalue weighted by molar-refractivity contribution is -0.570. The second kappa shape index (κ2) is 10.0. The predicted octanol–water partition coefficient (Wildman–Crippen LogP) is 1.22. The maximum Gasteiger partial charge on any atom is 0.305 e. The summed E-state index contributed by atoms with van der Waals surface area (Å²) in [6.07, 6.45) is -0.409. The Hall–Kier alpha value is -3.90. The molecule has 0 amide bonds. The molecule has 1 fully saturated rings. The van der Waals surface area contributed by atoms with Gasteiger partial charge in [-0.3, -0.25) is 4.79 Å². The van der Waals surface area contributed by atoms with E-state index in [1.54, 1.807) is 0 Å². The van der Waals surface area contributed by atoms with E-state index in [0.29, 0.717) is 12.2 Å². The van der Waals surface area contributed by atoms with Gasteiger partial charge in [0.05, 0.1) is 18.8 Å². The van der Waals surface area contributed by atoms with Crippen LogP contribution in [0.1, 0.15) is 23.6 Å². The summed E-state index contributed by atoms with van der Waals surface area (Å²) < 4.78 is 47.2. The zero-order valence-corrected chi connectivity index (χ0v) is 21.6. The highest BCUT2D eigenvalue weighted by atomic mass is 32.2. The van der Waals surface area contributed by atoms with Gasteiger partial charge in [-0.15, -0.1) is 11.8 Å². The van der Waals surface area contributed by atoms with E-state index >= 15 is 8.78 Å². The molecular weight excluding hydrogens is 532 g/mol. The second-order valence-electron chi connectivity index (χ2n) is 9.20. The number of hydrogen-bond donors (Lipinski definition) is 0. The molecule has 3 aromatic rings. The summed E-state index contributed by atoms with van der Waals surface area (Å²) >= 11 is 1.40. The molecule has 9 nitrogen and oxygen atoms in total. The van der Waals surface area contributed by atoms with Crippen molar-refractivity contribution in [3.63, 3.8) is 0 Å². The van der Waals surface area contributed by atoms with Crippen LogP contribution in [0.3, 0.4) is 0 Å². The Kier molecular flexibility index (Phi) is 6.51. The van der Waals surface area contributed by atoms with Crippen molar-refractivity contribution in [2.75, 3.05) is 26.6 Å². The predicted molar refractivity (Wildman–Crippen MR) is 130 cm³/mol. The number of ether oxygens (including phenoxy) is 3. The number of carbonyl (C=O) groups excluding carboxylic acids is 1. The first-order valence-corrected chi connectivity index (χ1v) is 13.2. The fourth-order valence-corrected chi connectivity index (χ4v) is 6.12. The van der Waals surface area contributed by atoms with Crippen LogP contribution >= 0.6 is 11.8 Å². The SMILES string of the molecule is CC(=O)OCOc1c([O-])cc(-c2cc(F)c(F)c3c2Cc2ccccc2SC3)[n+]2c1=C([O-])N1CCOC[C@H]1N=2. The van der Waals surface area contributed by atoms with Crippen molar-refractivity contribution in [2.24, 2.45) is 5.11 Å². The molecule has 1 aromatic heterocycles. The maximum atomic E-state index is 15.1. The molecule has 39 heavy (non-hydrogen) atoms. The molecule has 202 valence electrons. The Bertz CT molecular complexity index is 1630. The van der Waals surface area contributed by atoms with Crippen LogP contribution in [-0.4, -0.2) is 43.6 Å². The number of thioether (sulfide) groups is 1. The topological polar surface area (TPSA) is 112 Å². The Balaban J connectivity index is 1.62. The number of morpholine rings is 1. The zero-order valence-electron chi connectivity index (χ0n) is 20.7. The molecule has 6 rings (SSSR count). The normalized spacial score (nSPS) is 17.7. The first kappa shape index (κ1) is 25.4. The van der Waals surface area contributed by atoms with Crippen molar-refractivity contribution < 1.29 is 42.4 Å². The summed E-state index contributed by atoms with van der Waals surface area (Å²) in [5, 5.41) is 31.5. The van der Waals surface area contributed by atoms with Crippen molar-refractivity contribution >= 4 is 23.6 Å². The summed E-state index contributed by atoms with van der Waals surface area (Å²) in [4.78, 5) is 13.7. The van der Waals surface area contributed by atoms with E-state index in [0.717, 1.165) is 16.5 Å². The Morgan fingerprint density at radius 2 is 2.08 bits per heavy atom. The Morgan fingerprint density at radius 3 is 2.90 bits per heavy atom. The van der Waals surface area contributed by atoms with Gasteiger partial charge in [0.25, 0.3) is 5.35 Å². The average molecular weight is 555 g/mol. The minimum absolute atomic E-state index is 0.118. The largest absolute Gasteiger partial charge is 0.870 e. The van der Waals surface area contributed by atoms with E-state index in [4.69, 9.17) is 14.2 Å². The van der Waals surface area contributed by atoms with Gasteiger partial charge in [-0.2, -0.15) is 0 Å². The van der Waals surface area contributed by atoms with Gasteiger partial charge in [-0.25, -0.2) is 8.78 Å². The van der Waals surface area contributed by atoms with Crippen LogP contribution in [0, 0.1) is 11.6 Å². The molecule has 1 saturated heterocycles. The third-order valence-corrected chi connectivity index (χ3v) is 7.99. The molecule has 4 heterocycles. The summed E-state index contributed by atoms with van der Waals surface area (Å²) in [6, 6.07) is 9.82. The number of rotatable bonds is 4. The van der Waals surface area contributed by atoms with Crippen molar-refractivity contribution in [2.45, 2.75) is 30.2 Å². The van der Waals surface area contributed by atoms with Crippen LogP contribution in [0.4, 0.5) is 8.78 Å². The van der Waals surface area contributed by atoms with E-state index in [1.165, 1.54) is 34.0 Å². The highest BCUT2D eigenvalue weighted by molar-refractivity contribution is 7.98. The van der Waals surface area contributed by atoms with Gasteiger partial charge in [0.1, 0.15) is 0 Å². The van der Waals surface area contributed by atoms with Crippen LogP contribution in [-0.2, 0) is 26.4 Å². The van der Waals surface area contributed by atoms with Crippen molar-refractivity contribution in [3.8, 4) is 22.8 Å². The average Bonchev–Trinajstić information content (AvgIpc) is 3.12. The quantitative estimate of drug-likeness (QED) is 0.269. The van der Waals surface area contributed by atoms with Crippen molar-refractivity contribution in [1.29, 1.82) is 0 Å². The number of aromatic nitrogens is 1. The number of halogens is 2. The Labute approximate surface area is 225 Å². The van der Waals surface area contributed by atoms with Crippen LogP contribution in [0.5, 0.6) is 11.5 Å². The van der Waals surface area contributed by atoms with E-state index in [9.17, 15) is 15.0 Å². The highest BCUT2D eigenvalue weighted by Gasteiger charge is 2.34. The van der Waals surface area contributed by atoms with Gasteiger partial charge < -0.3 is 29.3 Å².